The summed E-state index contributed by atoms with van der Waals surface area (Å²) in [6.45, 7) is 3.71. The van der Waals surface area contributed by atoms with Gasteiger partial charge in [0.15, 0.2) is 0 Å². The highest BCUT2D eigenvalue weighted by molar-refractivity contribution is 7.92. The molecule has 3 rings (SSSR count). The Balaban J connectivity index is 1.96. The van der Waals surface area contributed by atoms with Crippen molar-refractivity contribution >= 4 is 27.3 Å². The zero-order chi connectivity index (χ0) is 17.3. The molecule has 0 aliphatic rings. The Hall–Kier alpha value is -2.24. The van der Waals surface area contributed by atoms with Gasteiger partial charge in [-0.25, -0.2) is 8.42 Å². The van der Waals surface area contributed by atoms with Crippen LogP contribution in [-0.2, 0) is 10.0 Å². The van der Waals surface area contributed by atoms with Gasteiger partial charge in [-0.05, 0) is 61.9 Å². The number of halogens is 1. The van der Waals surface area contributed by atoms with E-state index in [1.807, 2.05) is 38.1 Å². The third kappa shape index (κ3) is 3.47. The van der Waals surface area contributed by atoms with Crippen molar-refractivity contribution in [3.05, 3.63) is 70.9 Å². The quantitative estimate of drug-likeness (QED) is 0.709. The molecule has 1 heterocycles. The molecule has 24 heavy (non-hydrogen) atoms. The Morgan fingerprint density at radius 1 is 0.958 bits per heavy atom. The average molecular weight is 362 g/mol. The largest absolute Gasteiger partial charge is 0.461 e. The highest BCUT2D eigenvalue weighted by Crippen LogP contribution is 2.28. The molecule has 0 bridgehead atoms. The fourth-order valence-electron chi connectivity index (χ4n) is 2.29. The van der Waals surface area contributed by atoms with Crippen molar-refractivity contribution in [2.75, 3.05) is 4.72 Å². The molecule has 0 fully saturated rings. The standard InChI is InChI=1S/C18H16ClNO3S/c1-12-3-5-14(18-10-4-13(2)23-18)11-17(12)20-24(21,22)16-8-6-15(19)7-9-16/h3-11,20H,1-2H3. The summed E-state index contributed by atoms with van der Waals surface area (Å²) in [6, 6.07) is 15.3. The maximum absolute atomic E-state index is 12.5. The summed E-state index contributed by atoms with van der Waals surface area (Å²) < 4.78 is 33.3. The first kappa shape index (κ1) is 16.6. The molecular formula is C18H16ClNO3S. The van der Waals surface area contributed by atoms with E-state index < -0.39 is 10.0 Å². The van der Waals surface area contributed by atoms with Gasteiger partial charge < -0.3 is 4.42 Å². The lowest BCUT2D eigenvalue weighted by Crippen LogP contribution is -2.13. The molecule has 0 spiro atoms. The Morgan fingerprint density at radius 3 is 2.29 bits per heavy atom. The molecule has 2 aromatic carbocycles. The minimum atomic E-state index is -3.69. The van der Waals surface area contributed by atoms with Gasteiger partial charge in [-0.15, -0.1) is 0 Å². The lowest BCUT2D eigenvalue weighted by Gasteiger charge is -2.12. The number of hydrogen-bond acceptors (Lipinski definition) is 3. The molecule has 0 aliphatic heterocycles. The summed E-state index contributed by atoms with van der Waals surface area (Å²) in [4.78, 5) is 0.158. The van der Waals surface area contributed by atoms with Crippen LogP contribution in [-0.4, -0.2) is 8.42 Å². The summed E-state index contributed by atoms with van der Waals surface area (Å²) in [5.41, 5.74) is 2.14. The molecule has 6 heteroatoms. The first-order chi connectivity index (χ1) is 11.3. The number of furan rings is 1. The fraction of sp³-hybridized carbons (Fsp3) is 0.111. The lowest BCUT2D eigenvalue weighted by atomic mass is 10.1. The van der Waals surface area contributed by atoms with Gasteiger partial charge in [0.25, 0.3) is 10.0 Å². The Kier molecular flexibility index (Phi) is 4.39. The van der Waals surface area contributed by atoms with Gasteiger partial charge in [0.05, 0.1) is 10.6 Å². The fourth-order valence-corrected chi connectivity index (χ4v) is 3.54. The highest BCUT2D eigenvalue weighted by Gasteiger charge is 2.16. The molecule has 0 saturated heterocycles. The molecule has 0 unspecified atom stereocenters. The van der Waals surface area contributed by atoms with E-state index in [0.29, 0.717) is 16.5 Å². The number of aryl methyl sites for hydroxylation is 2. The number of rotatable bonds is 4. The number of nitrogens with one attached hydrogen (secondary N) is 1. The van der Waals surface area contributed by atoms with Crippen LogP contribution >= 0.6 is 11.6 Å². The van der Waals surface area contributed by atoms with Crippen molar-refractivity contribution in [3.63, 3.8) is 0 Å². The predicted octanol–water partition coefficient (Wildman–Crippen LogP) is 5.02. The smallest absolute Gasteiger partial charge is 0.261 e. The molecule has 4 nitrogen and oxygen atoms in total. The maximum atomic E-state index is 12.5. The van der Waals surface area contributed by atoms with E-state index in [-0.39, 0.29) is 4.90 Å². The molecule has 0 aliphatic carbocycles. The second kappa shape index (κ2) is 6.34. The second-order valence-corrected chi connectivity index (χ2v) is 7.62. The van der Waals surface area contributed by atoms with Crippen LogP contribution in [0.2, 0.25) is 5.02 Å². The van der Waals surface area contributed by atoms with E-state index in [0.717, 1.165) is 16.9 Å². The predicted molar refractivity (Wildman–Crippen MR) is 95.9 cm³/mol. The Morgan fingerprint density at radius 2 is 1.67 bits per heavy atom. The number of anilines is 1. The number of hydrogen-bond donors (Lipinski definition) is 1. The average Bonchev–Trinajstić information content (AvgIpc) is 2.96. The topological polar surface area (TPSA) is 59.3 Å². The minimum absolute atomic E-state index is 0.158. The van der Waals surface area contributed by atoms with E-state index in [4.69, 9.17) is 16.0 Å². The van der Waals surface area contributed by atoms with Crippen LogP contribution in [0.5, 0.6) is 0 Å². The van der Waals surface area contributed by atoms with Gasteiger partial charge in [-0.1, -0.05) is 23.7 Å². The molecule has 1 N–H and O–H groups in total. The second-order valence-electron chi connectivity index (χ2n) is 5.50. The van der Waals surface area contributed by atoms with Crippen LogP contribution < -0.4 is 4.72 Å². The van der Waals surface area contributed by atoms with Crippen molar-refractivity contribution in [2.24, 2.45) is 0 Å². The third-order valence-corrected chi connectivity index (χ3v) is 5.26. The van der Waals surface area contributed by atoms with Gasteiger partial charge in [0, 0.05) is 10.6 Å². The monoisotopic (exact) mass is 361 g/mol. The van der Waals surface area contributed by atoms with Gasteiger partial charge in [0.2, 0.25) is 0 Å². The summed E-state index contributed by atoms with van der Waals surface area (Å²) >= 11 is 5.81. The van der Waals surface area contributed by atoms with Gasteiger partial charge >= 0.3 is 0 Å². The number of sulfonamides is 1. The van der Waals surface area contributed by atoms with Gasteiger partial charge in [-0.3, -0.25) is 4.72 Å². The van der Waals surface area contributed by atoms with Crippen molar-refractivity contribution in [1.82, 2.24) is 0 Å². The maximum Gasteiger partial charge on any atom is 0.261 e. The van der Waals surface area contributed by atoms with Crippen LogP contribution in [0.4, 0.5) is 5.69 Å². The number of benzene rings is 2. The molecule has 0 atom stereocenters. The van der Waals surface area contributed by atoms with Crippen LogP contribution in [0.15, 0.2) is 63.9 Å². The van der Waals surface area contributed by atoms with Crippen molar-refractivity contribution in [3.8, 4) is 11.3 Å². The zero-order valence-corrected chi connectivity index (χ0v) is 14.8. The lowest BCUT2D eigenvalue weighted by molar-refractivity contribution is 0.548. The molecule has 3 aromatic rings. The molecule has 124 valence electrons. The Bertz CT molecular complexity index is 976. The Labute approximate surface area is 146 Å². The summed E-state index contributed by atoms with van der Waals surface area (Å²) in [6.07, 6.45) is 0. The van der Waals surface area contributed by atoms with E-state index in [1.165, 1.54) is 12.1 Å². The molecule has 1 aromatic heterocycles. The minimum Gasteiger partial charge on any atom is -0.461 e. The summed E-state index contributed by atoms with van der Waals surface area (Å²) in [7, 11) is -3.69. The van der Waals surface area contributed by atoms with Crippen molar-refractivity contribution < 1.29 is 12.8 Å². The first-order valence-corrected chi connectivity index (χ1v) is 9.17. The molecular weight excluding hydrogens is 346 g/mol. The van der Waals surface area contributed by atoms with E-state index in [2.05, 4.69) is 4.72 Å². The summed E-state index contributed by atoms with van der Waals surface area (Å²) in [5, 5.41) is 0.486. The molecule has 0 saturated carbocycles. The third-order valence-electron chi connectivity index (χ3n) is 3.63. The molecule has 0 amide bonds. The van der Waals surface area contributed by atoms with Crippen LogP contribution in [0, 0.1) is 13.8 Å². The zero-order valence-electron chi connectivity index (χ0n) is 13.2. The highest BCUT2D eigenvalue weighted by atomic mass is 35.5. The van der Waals surface area contributed by atoms with Crippen LogP contribution in [0.1, 0.15) is 11.3 Å². The normalized spacial score (nSPS) is 11.5. The van der Waals surface area contributed by atoms with Gasteiger partial charge in [0.1, 0.15) is 11.5 Å². The van der Waals surface area contributed by atoms with Gasteiger partial charge in [-0.2, -0.15) is 0 Å². The van der Waals surface area contributed by atoms with Crippen molar-refractivity contribution in [1.29, 1.82) is 0 Å². The van der Waals surface area contributed by atoms with E-state index >= 15 is 0 Å². The van der Waals surface area contributed by atoms with Crippen LogP contribution in [0.3, 0.4) is 0 Å². The molecule has 0 radical (unpaired) electrons. The van der Waals surface area contributed by atoms with E-state index in [1.54, 1.807) is 18.2 Å². The first-order valence-electron chi connectivity index (χ1n) is 7.31. The van der Waals surface area contributed by atoms with Crippen LogP contribution in [0.25, 0.3) is 11.3 Å². The summed E-state index contributed by atoms with van der Waals surface area (Å²) in [5.74, 6) is 1.49. The SMILES string of the molecule is Cc1ccc(-c2ccc(C)c(NS(=O)(=O)c3ccc(Cl)cc3)c2)o1. The van der Waals surface area contributed by atoms with E-state index in [9.17, 15) is 8.42 Å². The van der Waals surface area contributed by atoms with Crippen molar-refractivity contribution in [2.45, 2.75) is 18.7 Å².